The van der Waals surface area contributed by atoms with E-state index in [2.05, 4.69) is 6.92 Å². The molecule has 4 rings (SSSR count). The van der Waals surface area contributed by atoms with Crippen LogP contribution in [0.2, 0.25) is 0 Å². The first-order chi connectivity index (χ1) is 13.5. The zero-order chi connectivity index (χ0) is 21.2. The van der Waals surface area contributed by atoms with E-state index in [0.29, 0.717) is 12.3 Å². The van der Waals surface area contributed by atoms with E-state index >= 15 is 0 Å². The third-order valence-electron chi connectivity index (χ3n) is 9.35. The number of esters is 1. The van der Waals surface area contributed by atoms with Crippen LogP contribution in [0.3, 0.4) is 0 Å². The number of hydrogen-bond donors (Lipinski definition) is 2. The Morgan fingerprint density at radius 2 is 1.86 bits per heavy atom. The lowest BCUT2D eigenvalue weighted by Gasteiger charge is -2.60. The molecule has 0 aromatic carbocycles. The van der Waals surface area contributed by atoms with Crippen molar-refractivity contribution in [2.75, 3.05) is 6.61 Å². The molecule has 0 saturated heterocycles. The first-order valence-electron chi connectivity index (χ1n) is 11.1. The molecule has 4 saturated carbocycles. The van der Waals surface area contributed by atoms with E-state index in [9.17, 15) is 24.6 Å². The summed E-state index contributed by atoms with van der Waals surface area (Å²) in [5.41, 5.74) is -2.52. The lowest BCUT2D eigenvalue weighted by atomic mass is 9.44. The van der Waals surface area contributed by atoms with Gasteiger partial charge in [0.2, 0.25) is 5.78 Å². The highest BCUT2D eigenvalue weighted by Gasteiger charge is 2.69. The molecule has 4 fully saturated rings. The zero-order valence-corrected chi connectivity index (χ0v) is 17.8. The Morgan fingerprint density at radius 1 is 1.14 bits per heavy atom. The fourth-order valence-corrected chi connectivity index (χ4v) is 7.80. The normalized spacial score (nSPS) is 49.0. The highest BCUT2D eigenvalue weighted by atomic mass is 16.5. The largest absolute Gasteiger partial charge is 0.458 e. The molecule has 2 N–H and O–H groups in total. The predicted octanol–water partition coefficient (Wildman–Crippen LogP) is 2.43. The van der Waals surface area contributed by atoms with Gasteiger partial charge >= 0.3 is 5.97 Å². The second-order valence-corrected chi connectivity index (χ2v) is 10.6. The number of carbonyl (C=O) groups excluding carboxylic acids is 3. The van der Waals surface area contributed by atoms with E-state index in [0.717, 1.165) is 38.5 Å². The second kappa shape index (κ2) is 6.88. The van der Waals surface area contributed by atoms with Crippen LogP contribution >= 0.6 is 0 Å². The Kier molecular flexibility index (Phi) is 4.97. The van der Waals surface area contributed by atoms with Gasteiger partial charge in [0.05, 0.1) is 6.10 Å². The molecule has 0 aromatic rings. The highest BCUT2D eigenvalue weighted by Crippen LogP contribution is 2.67. The Balaban J connectivity index is 1.63. The maximum atomic E-state index is 13.5. The molecule has 0 radical (unpaired) electrons. The molecule has 162 valence electrons. The molecular weight excluding hydrogens is 372 g/mol. The minimum Gasteiger partial charge on any atom is -0.458 e. The summed E-state index contributed by atoms with van der Waals surface area (Å²) in [6, 6.07) is 0. The Morgan fingerprint density at radius 3 is 2.55 bits per heavy atom. The zero-order valence-electron chi connectivity index (χ0n) is 17.8. The number of carbonyl (C=O) groups is 3. The number of Topliss-reactive ketones (excluding diaryl/α,β-unsaturated/α-hetero) is 2. The van der Waals surface area contributed by atoms with Gasteiger partial charge in [-0.3, -0.25) is 14.4 Å². The first-order valence-corrected chi connectivity index (χ1v) is 11.1. The molecule has 0 unspecified atom stereocenters. The van der Waals surface area contributed by atoms with E-state index in [1.807, 2.05) is 6.92 Å². The Hall–Kier alpha value is -1.27. The van der Waals surface area contributed by atoms with Gasteiger partial charge in [-0.2, -0.15) is 0 Å². The van der Waals surface area contributed by atoms with Crippen molar-refractivity contribution in [2.24, 2.45) is 34.5 Å². The van der Waals surface area contributed by atoms with Crippen LogP contribution in [0.5, 0.6) is 0 Å². The summed E-state index contributed by atoms with van der Waals surface area (Å²) >= 11 is 0. The van der Waals surface area contributed by atoms with Crippen LogP contribution in [-0.2, 0) is 19.1 Å². The fourth-order valence-electron chi connectivity index (χ4n) is 7.80. The lowest BCUT2D eigenvalue weighted by Crippen LogP contribution is -2.62. The van der Waals surface area contributed by atoms with Gasteiger partial charge in [-0.1, -0.05) is 13.8 Å². The van der Waals surface area contributed by atoms with Gasteiger partial charge in [0.1, 0.15) is 11.4 Å². The van der Waals surface area contributed by atoms with Crippen LogP contribution in [0.1, 0.15) is 72.1 Å². The van der Waals surface area contributed by atoms with Crippen molar-refractivity contribution in [3.63, 3.8) is 0 Å². The molecule has 0 spiro atoms. The third kappa shape index (κ3) is 2.93. The van der Waals surface area contributed by atoms with Gasteiger partial charge in [-0.05, 0) is 68.1 Å². The first kappa shape index (κ1) is 21.0. The second-order valence-electron chi connectivity index (χ2n) is 10.6. The van der Waals surface area contributed by atoms with Crippen molar-refractivity contribution in [3.05, 3.63) is 0 Å². The summed E-state index contributed by atoms with van der Waals surface area (Å²) in [4.78, 5) is 37.5. The minimum atomic E-state index is -1.62. The van der Waals surface area contributed by atoms with Crippen molar-refractivity contribution in [3.8, 4) is 0 Å². The van der Waals surface area contributed by atoms with Gasteiger partial charge < -0.3 is 14.9 Å². The quantitative estimate of drug-likeness (QED) is 0.698. The van der Waals surface area contributed by atoms with E-state index < -0.39 is 29.4 Å². The van der Waals surface area contributed by atoms with E-state index in [1.165, 1.54) is 6.92 Å². The molecule has 29 heavy (non-hydrogen) atoms. The minimum absolute atomic E-state index is 0.0438. The van der Waals surface area contributed by atoms with E-state index in [1.54, 1.807) is 0 Å². The van der Waals surface area contributed by atoms with Crippen LogP contribution in [0.15, 0.2) is 0 Å². The lowest BCUT2D eigenvalue weighted by molar-refractivity contribution is -0.181. The van der Waals surface area contributed by atoms with Crippen LogP contribution in [-0.4, -0.2) is 46.1 Å². The summed E-state index contributed by atoms with van der Waals surface area (Å²) < 4.78 is 4.88. The van der Waals surface area contributed by atoms with Gasteiger partial charge in [-0.15, -0.1) is 0 Å². The van der Waals surface area contributed by atoms with Crippen molar-refractivity contribution >= 4 is 17.5 Å². The van der Waals surface area contributed by atoms with Crippen LogP contribution in [0, 0.1) is 34.5 Å². The van der Waals surface area contributed by atoms with Crippen molar-refractivity contribution in [1.82, 2.24) is 0 Å². The van der Waals surface area contributed by atoms with Crippen LogP contribution < -0.4 is 0 Å². The maximum absolute atomic E-state index is 13.5. The molecule has 6 heteroatoms. The van der Waals surface area contributed by atoms with E-state index in [-0.39, 0.29) is 41.5 Å². The fraction of sp³-hybridized carbons (Fsp3) is 0.870. The number of ketones is 2. The summed E-state index contributed by atoms with van der Waals surface area (Å²) in [6.07, 6.45) is 5.28. The molecule has 0 amide bonds. The summed E-state index contributed by atoms with van der Waals surface area (Å²) in [7, 11) is 0. The molecule has 0 aliphatic heterocycles. The Bertz CT molecular complexity index is 733. The van der Waals surface area contributed by atoms with Gasteiger partial charge in [0.15, 0.2) is 6.61 Å². The predicted molar refractivity (Wildman–Crippen MR) is 105 cm³/mol. The number of rotatable bonds is 3. The average Bonchev–Trinajstić information content (AvgIpc) is 2.91. The average molecular weight is 407 g/mol. The Labute approximate surface area is 172 Å². The molecule has 0 heterocycles. The number of hydrogen-bond acceptors (Lipinski definition) is 6. The monoisotopic (exact) mass is 406 g/mol. The maximum Gasteiger partial charge on any atom is 0.303 e. The summed E-state index contributed by atoms with van der Waals surface area (Å²) in [5, 5.41) is 21.6. The van der Waals surface area contributed by atoms with Crippen molar-refractivity contribution in [2.45, 2.75) is 83.8 Å². The van der Waals surface area contributed by atoms with Crippen molar-refractivity contribution < 1.29 is 29.3 Å². The molecule has 0 bridgehead atoms. The number of fused-ring (bicyclic) bond motifs is 5. The van der Waals surface area contributed by atoms with Crippen LogP contribution in [0.4, 0.5) is 0 Å². The SMILES string of the molecule is CC(=O)OCC(=O)[C@@]1(O)CC[C@@H]2[C@@H]3CC[C@H]4C[C@H](O)CC[C@]4(C)[C@H]3C(=O)C[C@]21C. The molecule has 4 aliphatic carbocycles. The molecule has 4 aliphatic rings. The topological polar surface area (TPSA) is 101 Å². The number of aliphatic hydroxyl groups excluding tert-OH is 1. The molecule has 6 nitrogen and oxygen atoms in total. The number of aliphatic hydroxyl groups is 2. The third-order valence-corrected chi connectivity index (χ3v) is 9.35. The van der Waals surface area contributed by atoms with Crippen LogP contribution in [0.25, 0.3) is 0 Å². The van der Waals surface area contributed by atoms with Crippen molar-refractivity contribution in [1.29, 1.82) is 0 Å². The summed E-state index contributed by atoms with van der Waals surface area (Å²) in [5.74, 6) is -0.256. The van der Waals surface area contributed by atoms with Gasteiger partial charge in [0, 0.05) is 24.7 Å². The molecule has 0 aromatic heterocycles. The standard InChI is InChI=1S/C23H34O6/c1-13(24)29-12-19(27)23(28)9-7-17-16-5-4-14-10-15(25)6-8-21(14,2)20(16)18(26)11-22(17,23)3/h14-17,20,25,28H,4-12H2,1-3H3/t14-,15+,16-,17+,20+,21-,22+,23-/m0/s1. The van der Waals surface area contributed by atoms with Gasteiger partial charge in [-0.25, -0.2) is 0 Å². The van der Waals surface area contributed by atoms with E-state index in [4.69, 9.17) is 4.74 Å². The summed E-state index contributed by atoms with van der Waals surface area (Å²) in [6.45, 7) is 4.93. The molecular formula is C23H34O6. The smallest absolute Gasteiger partial charge is 0.303 e. The highest BCUT2D eigenvalue weighted by molar-refractivity contribution is 5.93. The number of ether oxygens (including phenoxy) is 1. The van der Waals surface area contributed by atoms with Gasteiger partial charge in [0.25, 0.3) is 0 Å². The molecule has 8 atom stereocenters.